The molecule has 0 spiro atoms. The van der Waals surface area contributed by atoms with Gasteiger partial charge in [0.2, 0.25) is 10.0 Å². The predicted octanol–water partition coefficient (Wildman–Crippen LogP) is 4.06. The van der Waals surface area contributed by atoms with Crippen LogP contribution in [0.5, 0.6) is 0 Å². The highest BCUT2D eigenvalue weighted by molar-refractivity contribution is 8.00. The molecule has 1 aliphatic rings. The van der Waals surface area contributed by atoms with Crippen molar-refractivity contribution in [2.45, 2.75) is 36.5 Å². The lowest BCUT2D eigenvalue weighted by Crippen LogP contribution is -2.27. The van der Waals surface area contributed by atoms with E-state index in [2.05, 4.69) is 18.2 Å². The van der Waals surface area contributed by atoms with Gasteiger partial charge in [-0.05, 0) is 50.5 Å². The number of nitrogens with zero attached hydrogens (tertiary/aromatic N) is 1. The van der Waals surface area contributed by atoms with E-state index in [9.17, 15) is 13.2 Å². The molecule has 6 heteroatoms. The molecule has 138 valence electrons. The number of Topliss-reactive ketones (excluding diaryl/α,β-unsaturated/α-hetero) is 1. The number of hydrogen-bond donors (Lipinski definition) is 0. The molecule has 0 atom stereocenters. The van der Waals surface area contributed by atoms with Gasteiger partial charge in [-0.25, -0.2) is 8.42 Å². The summed E-state index contributed by atoms with van der Waals surface area (Å²) in [6, 6.07) is 12.5. The third-order valence-electron chi connectivity index (χ3n) is 4.58. The van der Waals surface area contributed by atoms with E-state index >= 15 is 0 Å². The first-order valence-corrected chi connectivity index (χ1v) is 11.1. The monoisotopic (exact) mass is 389 g/mol. The molecule has 26 heavy (non-hydrogen) atoms. The van der Waals surface area contributed by atoms with Gasteiger partial charge in [0.15, 0.2) is 5.78 Å². The van der Waals surface area contributed by atoms with Crippen LogP contribution in [-0.4, -0.2) is 37.3 Å². The Labute approximate surface area is 159 Å². The lowest BCUT2D eigenvalue weighted by Gasteiger charge is -2.15. The van der Waals surface area contributed by atoms with Crippen LogP contribution in [0, 0.1) is 13.8 Å². The second-order valence-electron chi connectivity index (χ2n) is 6.62. The van der Waals surface area contributed by atoms with Crippen LogP contribution in [0.15, 0.2) is 52.3 Å². The van der Waals surface area contributed by atoms with Crippen molar-refractivity contribution in [2.24, 2.45) is 0 Å². The molecule has 2 aromatic carbocycles. The fourth-order valence-corrected chi connectivity index (χ4v) is 5.52. The Morgan fingerprint density at radius 2 is 1.69 bits per heavy atom. The van der Waals surface area contributed by atoms with E-state index in [1.54, 1.807) is 24.3 Å². The van der Waals surface area contributed by atoms with Gasteiger partial charge in [-0.15, -0.1) is 11.8 Å². The third kappa shape index (κ3) is 4.19. The van der Waals surface area contributed by atoms with Crippen molar-refractivity contribution >= 4 is 27.6 Å². The summed E-state index contributed by atoms with van der Waals surface area (Å²) in [7, 11) is -3.43. The zero-order chi connectivity index (χ0) is 18.7. The highest BCUT2D eigenvalue weighted by Crippen LogP contribution is 2.25. The van der Waals surface area contributed by atoms with Crippen LogP contribution in [0.4, 0.5) is 0 Å². The number of ketones is 1. The van der Waals surface area contributed by atoms with Gasteiger partial charge in [-0.2, -0.15) is 4.31 Å². The van der Waals surface area contributed by atoms with Crippen molar-refractivity contribution in [1.82, 2.24) is 4.31 Å². The maximum Gasteiger partial charge on any atom is 0.243 e. The molecule has 0 saturated carbocycles. The first kappa shape index (κ1) is 19.1. The van der Waals surface area contributed by atoms with Gasteiger partial charge >= 0.3 is 0 Å². The molecule has 0 amide bonds. The number of carbonyl (C=O) groups excluding carboxylic acids is 1. The number of sulfonamides is 1. The van der Waals surface area contributed by atoms with Crippen molar-refractivity contribution < 1.29 is 13.2 Å². The predicted molar refractivity (Wildman–Crippen MR) is 105 cm³/mol. The smallest absolute Gasteiger partial charge is 0.243 e. The molecule has 2 aromatic rings. The molecule has 1 fully saturated rings. The summed E-state index contributed by atoms with van der Waals surface area (Å²) in [5.74, 6) is 0.337. The molecule has 4 nitrogen and oxygen atoms in total. The Kier molecular flexibility index (Phi) is 5.85. The van der Waals surface area contributed by atoms with E-state index in [0.29, 0.717) is 24.4 Å². The molecular weight excluding hydrogens is 366 g/mol. The van der Waals surface area contributed by atoms with Gasteiger partial charge in [-0.3, -0.25) is 4.79 Å². The Morgan fingerprint density at radius 3 is 2.35 bits per heavy atom. The van der Waals surface area contributed by atoms with Gasteiger partial charge in [0.05, 0.1) is 10.6 Å². The summed E-state index contributed by atoms with van der Waals surface area (Å²) >= 11 is 1.52. The summed E-state index contributed by atoms with van der Waals surface area (Å²) in [4.78, 5) is 13.8. The number of thioether (sulfide) groups is 1. The average Bonchev–Trinajstić information content (AvgIpc) is 3.18. The van der Waals surface area contributed by atoms with E-state index in [-0.39, 0.29) is 10.7 Å². The first-order chi connectivity index (χ1) is 12.4. The topological polar surface area (TPSA) is 54.5 Å². The lowest BCUT2D eigenvalue weighted by molar-refractivity contribution is 0.102. The van der Waals surface area contributed by atoms with Gasteiger partial charge < -0.3 is 0 Å². The Balaban J connectivity index is 1.68. The molecule has 0 N–H and O–H groups in total. The standard InChI is InChI=1S/C20H23NO3S2/c1-15-5-6-16(2)20(13-15)25-14-19(22)17-7-9-18(10-8-17)26(23,24)21-11-3-4-12-21/h5-10,13H,3-4,11-12,14H2,1-2H3. The minimum atomic E-state index is -3.43. The second-order valence-corrected chi connectivity index (χ2v) is 9.57. The lowest BCUT2D eigenvalue weighted by atomic mass is 10.1. The molecule has 3 rings (SSSR count). The Hall–Kier alpha value is -1.63. The summed E-state index contributed by atoms with van der Waals surface area (Å²) in [5, 5.41) is 0. The molecule has 0 radical (unpaired) electrons. The molecule has 0 aromatic heterocycles. The van der Waals surface area contributed by atoms with Crippen LogP contribution in [-0.2, 0) is 10.0 Å². The van der Waals surface area contributed by atoms with Crippen molar-refractivity contribution in [1.29, 1.82) is 0 Å². The van der Waals surface area contributed by atoms with Crippen LogP contribution >= 0.6 is 11.8 Å². The zero-order valence-corrected chi connectivity index (χ0v) is 16.7. The van der Waals surface area contributed by atoms with E-state index in [0.717, 1.165) is 23.3 Å². The zero-order valence-electron chi connectivity index (χ0n) is 15.1. The maximum absolute atomic E-state index is 12.5. The third-order valence-corrected chi connectivity index (χ3v) is 7.65. The van der Waals surface area contributed by atoms with E-state index in [4.69, 9.17) is 0 Å². The molecule has 1 aliphatic heterocycles. The normalized spacial score (nSPS) is 15.3. The van der Waals surface area contributed by atoms with Crippen LogP contribution in [0.3, 0.4) is 0 Å². The van der Waals surface area contributed by atoms with Gasteiger partial charge in [0.1, 0.15) is 0 Å². The van der Waals surface area contributed by atoms with Crippen LogP contribution in [0.2, 0.25) is 0 Å². The van der Waals surface area contributed by atoms with Crippen LogP contribution in [0.25, 0.3) is 0 Å². The maximum atomic E-state index is 12.5. The van der Waals surface area contributed by atoms with Gasteiger partial charge in [-0.1, -0.05) is 29.8 Å². The van der Waals surface area contributed by atoms with Crippen molar-refractivity contribution in [3.05, 3.63) is 59.2 Å². The van der Waals surface area contributed by atoms with Crippen molar-refractivity contribution in [2.75, 3.05) is 18.8 Å². The number of hydrogen-bond acceptors (Lipinski definition) is 4. The number of aryl methyl sites for hydroxylation is 2. The molecule has 1 saturated heterocycles. The second kappa shape index (κ2) is 7.94. The number of rotatable bonds is 6. The van der Waals surface area contributed by atoms with E-state index in [1.807, 2.05) is 13.8 Å². The minimum absolute atomic E-state index is 0.000951. The largest absolute Gasteiger partial charge is 0.293 e. The van der Waals surface area contributed by atoms with E-state index in [1.165, 1.54) is 21.6 Å². The molecule has 1 heterocycles. The average molecular weight is 390 g/mol. The number of benzene rings is 2. The Bertz CT molecular complexity index is 899. The van der Waals surface area contributed by atoms with Crippen LogP contribution < -0.4 is 0 Å². The fourth-order valence-electron chi connectivity index (χ4n) is 2.98. The summed E-state index contributed by atoms with van der Waals surface area (Å²) in [5.41, 5.74) is 2.87. The van der Waals surface area contributed by atoms with Crippen molar-refractivity contribution in [3.8, 4) is 0 Å². The highest BCUT2D eigenvalue weighted by atomic mass is 32.2. The number of carbonyl (C=O) groups is 1. The quantitative estimate of drug-likeness (QED) is 0.552. The SMILES string of the molecule is Cc1ccc(C)c(SCC(=O)c2ccc(S(=O)(=O)N3CCCC3)cc2)c1. The molecule has 0 unspecified atom stereocenters. The fraction of sp³-hybridized carbons (Fsp3) is 0.350. The summed E-state index contributed by atoms with van der Waals surface area (Å²) in [6.45, 7) is 5.22. The van der Waals surface area contributed by atoms with Crippen molar-refractivity contribution in [3.63, 3.8) is 0 Å². The Morgan fingerprint density at radius 1 is 1.04 bits per heavy atom. The molecule has 0 aliphatic carbocycles. The molecular formula is C20H23NO3S2. The van der Waals surface area contributed by atoms with Crippen LogP contribution in [0.1, 0.15) is 34.3 Å². The minimum Gasteiger partial charge on any atom is -0.293 e. The highest BCUT2D eigenvalue weighted by Gasteiger charge is 2.27. The van der Waals surface area contributed by atoms with Gasteiger partial charge in [0.25, 0.3) is 0 Å². The first-order valence-electron chi connectivity index (χ1n) is 8.71. The summed E-state index contributed by atoms with van der Waals surface area (Å²) in [6.07, 6.45) is 1.82. The van der Waals surface area contributed by atoms with E-state index < -0.39 is 10.0 Å². The molecule has 0 bridgehead atoms. The van der Waals surface area contributed by atoms with Gasteiger partial charge in [0, 0.05) is 23.5 Å². The summed E-state index contributed by atoms with van der Waals surface area (Å²) < 4.78 is 26.6.